The Labute approximate surface area is 121 Å². The van der Waals surface area contributed by atoms with Crippen molar-refractivity contribution in [3.05, 3.63) is 52.1 Å². The minimum atomic E-state index is 0. The van der Waals surface area contributed by atoms with Gasteiger partial charge in [0.05, 0.1) is 13.3 Å². The molecule has 0 N–H and O–H groups in total. The number of benzene rings is 1. The Kier molecular flexibility index (Phi) is 6.14. The average molecular weight is 320 g/mol. The van der Waals surface area contributed by atoms with Gasteiger partial charge in [0.15, 0.2) is 0 Å². The van der Waals surface area contributed by atoms with E-state index < -0.39 is 0 Å². The van der Waals surface area contributed by atoms with Crippen LogP contribution in [0.3, 0.4) is 0 Å². The van der Waals surface area contributed by atoms with Gasteiger partial charge in [-0.15, -0.1) is 6.20 Å². The predicted molar refractivity (Wildman–Crippen MR) is 65.0 cm³/mol. The molecule has 1 aromatic heterocycles. The van der Waals surface area contributed by atoms with Crippen molar-refractivity contribution >= 4 is 22.6 Å². The molecule has 0 radical (unpaired) electrons. The molecule has 1 aromatic carbocycles. The Morgan fingerprint density at radius 1 is 1.31 bits per heavy atom. The third kappa shape index (κ3) is 4.30. The Balaban J connectivity index is 0.00000128. The van der Waals surface area contributed by atoms with Gasteiger partial charge in [-0.05, 0) is 28.2 Å². The first-order valence-corrected chi connectivity index (χ1v) is 5.64. The van der Waals surface area contributed by atoms with Crippen molar-refractivity contribution < 1.29 is 23.6 Å². The second-order valence-electron chi connectivity index (χ2n) is 3.08. The van der Waals surface area contributed by atoms with Crippen molar-refractivity contribution in [2.24, 2.45) is 0 Å². The molecule has 16 heavy (non-hydrogen) atoms. The van der Waals surface area contributed by atoms with Gasteiger partial charge in [0.2, 0.25) is 0 Å². The fraction of sp³-hybridized carbons (Fsp3) is 0.182. The third-order valence-corrected chi connectivity index (χ3v) is 2.41. The van der Waals surface area contributed by atoms with E-state index in [1.165, 1.54) is 5.56 Å². The Morgan fingerprint density at radius 3 is 2.69 bits per heavy atom. The van der Waals surface area contributed by atoms with Gasteiger partial charge in [0.1, 0.15) is 0 Å². The maximum atomic E-state index is 5.51. The van der Waals surface area contributed by atoms with Crippen LogP contribution in [-0.2, 0) is 18.1 Å². The minimum Gasteiger partial charge on any atom is -0.479 e. The van der Waals surface area contributed by atoms with Gasteiger partial charge in [0.25, 0.3) is 0 Å². The van der Waals surface area contributed by atoms with Crippen molar-refractivity contribution in [3.63, 3.8) is 0 Å². The van der Waals surface area contributed by atoms with Crippen LogP contribution in [0, 0.1) is 9.90 Å². The van der Waals surface area contributed by atoms with Gasteiger partial charge in [-0.2, -0.15) is 0 Å². The number of aromatic nitrogens is 2. The maximum Gasteiger partial charge on any atom is 1.00 e. The molecule has 5 heteroatoms. The number of nitrogens with zero attached hydrogens (tertiary/aromatic N) is 2. The quantitative estimate of drug-likeness (QED) is 0.430. The topological polar surface area (TPSA) is 27.1 Å². The summed E-state index contributed by atoms with van der Waals surface area (Å²) < 4.78 is 8.16. The fourth-order valence-electron chi connectivity index (χ4n) is 1.20. The van der Waals surface area contributed by atoms with Crippen LogP contribution >= 0.6 is 22.6 Å². The summed E-state index contributed by atoms with van der Waals surface area (Å²) in [4.78, 5) is 4.06. The first kappa shape index (κ1) is 13.8. The molecule has 78 valence electrons. The van der Waals surface area contributed by atoms with Gasteiger partial charge in [-0.3, -0.25) is 0 Å². The molecule has 0 fully saturated rings. The summed E-state index contributed by atoms with van der Waals surface area (Å²) in [5, 5.41) is 0. The number of ether oxygens (including phenoxy) is 1. The number of halogens is 1. The molecule has 0 aliphatic rings. The molecule has 0 spiro atoms. The average Bonchev–Trinajstić information content (AvgIpc) is 2.66. The Bertz CT molecular complexity index is 419. The van der Waals surface area contributed by atoms with Gasteiger partial charge in [-0.1, -0.05) is 36.7 Å². The van der Waals surface area contributed by atoms with Crippen LogP contribution in [0.15, 0.2) is 36.7 Å². The summed E-state index contributed by atoms with van der Waals surface area (Å²) >= 11 is 2.12. The summed E-state index contributed by atoms with van der Waals surface area (Å²) in [5.74, 6) is 0. The van der Waals surface area contributed by atoms with Crippen molar-refractivity contribution in [1.29, 1.82) is 0 Å². The molecule has 0 saturated carbocycles. The molecule has 1 heterocycles. The van der Waals surface area contributed by atoms with E-state index in [4.69, 9.17) is 4.74 Å². The molecule has 0 amide bonds. The van der Waals surface area contributed by atoms with Gasteiger partial charge >= 0.3 is 18.9 Å². The van der Waals surface area contributed by atoms with E-state index in [-0.39, 0.29) is 18.9 Å². The van der Waals surface area contributed by atoms with E-state index in [0.717, 1.165) is 3.70 Å². The summed E-state index contributed by atoms with van der Waals surface area (Å²) in [7, 11) is 0. The van der Waals surface area contributed by atoms with E-state index in [9.17, 15) is 0 Å². The van der Waals surface area contributed by atoms with Crippen LogP contribution in [0.2, 0.25) is 0 Å². The minimum absolute atomic E-state index is 0. The van der Waals surface area contributed by atoms with Crippen LogP contribution in [-0.4, -0.2) is 9.55 Å². The van der Waals surface area contributed by atoms with Crippen molar-refractivity contribution in [2.45, 2.75) is 13.3 Å². The van der Waals surface area contributed by atoms with Gasteiger partial charge in [-0.25, -0.2) is 0 Å². The van der Waals surface area contributed by atoms with E-state index in [1.807, 2.05) is 30.3 Å². The predicted octanol–water partition coefficient (Wildman–Crippen LogP) is -0.534. The van der Waals surface area contributed by atoms with E-state index in [1.54, 1.807) is 10.9 Å². The van der Waals surface area contributed by atoms with Gasteiger partial charge < -0.3 is 14.3 Å². The van der Waals surface area contributed by atoms with E-state index >= 15 is 0 Å². The summed E-state index contributed by atoms with van der Waals surface area (Å²) in [5.41, 5.74) is 1.17. The molecule has 3 nitrogen and oxygen atoms in total. The first-order chi connectivity index (χ1) is 7.34. The van der Waals surface area contributed by atoms with Crippen LogP contribution in [0.25, 0.3) is 0 Å². The molecule has 2 rings (SSSR count). The van der Waals surface area contributed by atoms with E-state index in [0.29, 0.717) is 13.3 Å². The Hall–Kier alpha value is -0.283. The molecule has 2 aromatic rings. The number of rotatable bonds is 4. The smallest absolute Gasteiger partial charge is 0.479 e. The van der Waals surface area contributed by atoms with Crippen molar-refractivity contribution in [2.75, 3.05) is 0 Å². The molecule has 0 aliphatic carbocycles. The normalized spacial score (nSPS) is 9.81. The molecular weight excluding hydrogens is 310 g/mol. The standard InChI is InChI=1S/C11H10IN2O.Li/c12-11-6-14(8-13-11)9-15-7-10-4-2-1-3-5-10;/h1-5,8H,7,9H2;/q-1;+1. The van der Waals surface area contributed by atoms with Crippen molar-refractivity contribution in [3.8, 4) is 0 Å². The third-order valence-electron chi connectivity index (χ3n) is 1.89. The zero-order chi connectivity index (χ0) is 10.5. The van der Waals surface area contributed by atoms with Gasteiger partial charge in [0, 0.05) is 3.70 Å². The summed E-state index contributed by atoms with van der Waals surface area (Å²) in [6.07, 6.45) is 4.74. The van der Waals surface area contributed by atoms with Crippen LogP contribution < -0.4 is 18.9 Å². The van der Waals surface area contributed by atoms with Crippen molar-refractivity contribution in [1.82, 2.24) is 9.55 Å². The number of hydrogen-bond acceptors (Lipinski definition) is 2. The molecule has 0 unspecified atom stereocenters. The zero-order valence-electron chi connectivity index (χ0n) is 9.06. The van der Waals surface area contributed by atoms with Crippen LogP contribution in [0.4, 0.5) is 0 Å². The van der Waals surface area contributed by atoms with Crippen LogP contribution in [0.1, 0.15) is 5.56 Å². The number of imidazole rings is 1. The Morgan fingerprint density at radius 2 is 2.06 bits per heavy atom. The number of hydrogen-bond donors (Lipinski definition) is 0. The zero-order valence-corrected chi connectivity index (χ0v) is 11.2. The molecule has 0 atom stereocenters. The van der Waals surface area contributed by atoms with E-state index in [2.05, 4.69) is 33.8 Å². The molecule has 0 bridgehead atoms. The second kappa shape index (κ2) is 7.12. The summed E-state index contributed by atoms with van der Waals surface area (Å²) in [6.45, 7) is 1.11. The summed E-state index contributed by atoms with van der Waals surface area (Å²) in [6, 6.07) is 10.1. The largest absolute Gasteiger partial charge is 1.00 e. The molecule has 0 saturated heterocycles. The fourth-order valence-corrected chi connectivity index (χ4v) is 1.63. The first-order valence-electron chi connectivity index (χ1n) is 4.56. The maximum absolute atomic E-state index is 5.51. The second-order valence-corrected chi connectivity index (χ2v) is 4.10. The molecular formula is C11H10ILiN2O. The molecule has 0 aliphatic heterocycles. The SMILES string of the molecule is Ic1[c-]n(COCc2ccccc2)cn1.[Li+]. The monoisotopic (exact) mass is 320 g/mol. The van der Waals surface area contributed by atoms with Crippen LogP contribution in [0.5, 0.6) is 0 Å².